The van der Waals surface area contributed by atoms with Gasteiger partial charge in [0.15, 0.2) is 15.5 Å². The number of sulfone groups is 1. The maximum Gasteiger partial charge on any atom is 0.416 e. The second-order valence-electron chi connectivity index (χ2n) is 7.76. The number of aromatic nitrogens is 3. The fourth-order valence-electron chi connectivity index (χ4n) is 3.48. The summed E-state index contributed by atoms with van der Waals surface area (Å²) in [6.07, 6.45) is -6.65. The number of carbonyl (C=O) groups excluding carboxylic acids is 1. The van der Waals surface area contributed by atoms with E-state index < -0.39 is 52.0 Å². The van der Waals surface area contributed by atoms with Crippen LogP contribution in [-0.4, -0.2) is 46.4 Å². The average molecular weight is 540 g/mol. The normalized spacial score (nSPS) is 12.3. The minimum atomic E-state index is -4.59. The van der Waals surface area contributed by atoms with E-state index in [1.165, 1.54) is 24.3 Å². The van der Waals surface area contributed by atoms with Gasteiger partial charge in [-0.1, -0.05) is 18.2 Å². The largest absolute Gasteiger partial charge is 0.416 e. The van der Waals surface area contributed by atoms with E-state index in [2.05, 4.69) is 15.4 Å². The molecule has 37 heavy (non-hydrogen) atoms. The predicted molar refractivity (Wildman–Crippen MR) is 122 cm³/mol. The topological polar surface area (TPSA) is 114 Å². The van der Waals surface area contributed by atoms with Crippen LogP contribution >= 0.6 is 0 Å². The van der Waals surface area contributed by atoms with Crippen LogP contribution in [0.1, 0.15) is 28.0 Å². The summed E-state index contributed by atoms with van der Waals surface area (Å²) in [6.45, 7) is -0.597. The summed E-state index contributed by atoms with van der Waals surface area (Å²) in [7, 11) is -3.80. The number of anilines is 1. The minimum absolute atomic E-state index is 0.0661. The zero-order valence-electron chi connectivity index (χ0n) is 18.6. The van der Waals surface area contributed by atoms with Gasteiger partial charge in [-0.15, -0.1) is 0 Å². The zero-order valence-corrected chi connectivity index (χ0v) is 19.4. The van der Waals surface area contributed by atoms with Gasteiger partial charge < -0.3 is 10.4 Å². The molecule has 0 saturated heterocycles. The van der Waals surface area contributed by atoms with E-state index >= 15 is 0 Å². The first-order chi connectivity index (χ1) is 17.4. The van der Waals surface area contributed by atoms with Gasteiger partial charge >= 0.3 is 6.18 Å². The number of fused-ring (bicyclic) bond motifs is 1. The molecule has 0 radical (unpaired) electrons. The number of nitrogens with one attached hydrogen (secondary N) is 1. The highest BCUT2D eigenvalue weighted by Gasteiger charge is 2.30. The van der Waals surface area contributed by atoms with Gasteiger partial charge in [-0.05, 0) is 36.4 Å². The third-order valence-corrected chi connectivity index (χ3v) is 6.98. The minimum Gasteiger partial charge on any atom is -0.395 e. The monoisotopic (exact) mass is 540 g/mol. The quantitative estimate of drug-likeness (QED) is 0.337. The van der Waals surface area contributed by atoms with Crippen LogP contribution in [0, 0.1) is 0 Å². The first-order valence-corrected chi connectivity index (χ1v) is 12.2. The van der Waals surface area contributed by atoms with Crippen molar-refractivity contribution in [2.24, 2.45) is 0 Å². The number of amides is 1. The highest BCUT2D eigenvalue weighted by atomic mass is 32.2. The van der Waals surface area contributed by atoms with Crippen molar-refractivity contribution < 1.29 is 40.3 Å². The lowest BCUT2D eigenvalue weighted by molar-refractivity contribution is -0.137. The van der Waals surface area contributed by atoms with E-state index in [0.717, 1.165) is 41.0 Å². The van der Waals surface area contributed by atoms with Gasteiger partial charge in [0.1, 0.15) is 11.3 Å². The molecule has 0 aliphatic rings. The number of carbonyl (C=O) groups is 1. The SMILES string of the molecule is O=C(Nc1cccc(S(=O)(=O)CCO)c1)c1cnn2c(C(F)F)cc(-c3ccc(C(F)(F)F)cc3)nc12. The Morgan fingerprint density at radius 3 is 2.41 bits per heavy atom. The van der Waals surface area contributed by atoms with Gasteiger partial charge in [-0.2, -0.15) is 18.3 Å². The third kappa shape index (κ3) is 5.44. The van der Waals surface area contributed by atoms with Gasteiger partial charge in [-0.25, -0.2) is 26.7 Å². The van der Waals surface area contributed by atoms with Crippen LogP contribution < -0.4 is 5.32 Å². The molecular formula is C23H17F5N4O4S. The summed E-state index contributed by atoms with van der Waals surface area (Å²) >= 11 is 0. The summed E-state index contributed by atoms with van der Waals surface area (Å²) in [6, 6.07) is 9.89. The highest BCUT2D eigenvalue weighted by molar-refractivity contribution is 7.91. The molecule has 2 heterocycles. The Balaban J connectivity index is 1.73. The Morgan fingerprint density at radius 1 is 1.08 bits per heavy atom. The maximum absolute atomic E-state index is 13.8. The molecule has 0 atom stereocenters. The van der Waals surface area contributed by atoms with Gasteiger partial charge in [0.2, 0.25) is 0 Å². The van der Waals surface area contributed by atoms with E-state index in [0.29, 0.717) is 0 Å². The van der Waals surface area contributed by atoms with Crippen LogP contribution in [0.2, 0.25) is 0 Å². The molecule has 0 aliphatic heterocycles. The van der Waals surface area contributed by atoms with Crippen molar-refractivity contribution in [3.05, 3.63) is 77.6 Å². The lowest BCUT2D eigenvalue weighted by atomic mass is 10.1. The molecular weight excluding hydrogens is 523 g/mol. The van der Waals surface area contributed by atoms with Gasteiger partial charge in [0.05, 0.1) is 34.7 Å². The molecule has 0 unspecified atom stereocenters. The molecule has 2 N–H and O–H groups in total. The lowest BCUT2D eigenvalue weighted by Crippen LogP contribution is -2.14. The molecule has 8 nitrogen and oxygen atoms in total. The third-order valence-electron chi connectivity index (χ3n) is 5.29. The second-order valence-corrected chi connectivity index (χ2v) is 9.87. The number of aliphatic hydroxyl groups excluding tert-OH is 1. The molecule has 4 rings (SSSR count). The van der Waals surface area contributed by atoms with Crippen molar-refractivity contribution in [2.75, 3.05) is 17.7 Å². The van der Waals surface area contributed by atoms with Gasteiger partial charge in [0, 0.05) is 11.3 Å². The van der Waals surface area contributed by atoms with Crippen molar-refractivity contribution in [1.29, 1.82) is 0 Å². The molecule has 4 aromatic rings. The van der Waals surface area contributed by atoms with E-state index in [1.807, 2.05) is 0 Å². The molecule has 2 aromatic heterocycles. The molecule has 0 bridgehead atoms. The first kappa shape index (κ1) is 26.2. The van der Waals surface area contributed by atoms with E-state index in [9.17, 15) is 35.2 Å². The Hall–Kier alpha value is -3.91. The Morgan fingerprint density at radius 2 is 1.78 bits per heavy atom. The lowest BCUT2D eigenvalue weighted by Gasteiger charge is -2.11. The number of aliphatic hydroxyl groups is 1. The van der Waals surface area contributed by atoms with Gasteiger partial charge in [0.25, 0.3) is 12.3 Å². The maximum atomic E-state index is 13.8. The molecule has 0 saturated carbocycles. The molecule has 0 spiro atoms. The molecule has 0 aliphatic carbocycles. The Labute approximate surface area is 206 Å². The highest BCUT2D eigenvalue weighted by Crippen LogP contribution is 2.32. The Kier molecular flexibility index (Phi) is 6.97. The van der Waals surface area contributed by atoms with Crippen molar-refractivity contribution in [2.45, 2.75) is 17.5 Å². The molecule has 0 fully saturated rings. The summed E-state index contributed by atoms with van der Waals surface area (Å²) in [5, 5.41) is 15.2. The average Bonchev–Trinajstić information content (AvgIpc) is 3.27. The van der Waals surface area contributed by atoms with Crippen LogP contribution in [-0.2, 0) is 16.0 Å². The fourth-order valence-corrected chi connectivity index (χ4v) is 4.55. The molecule has 2 aromatic carbocycles. The number of rotatable bonds is 7. The van der Waals surface area contributed by atoms with Crippen LogP contribution in [0.25, 0.3) is 16.9 Å². The van der Waals surface area contributed by atoms with Crippen molar-refractivity contribution in [3.8, 4) is 11.3 Å². The van der Waals surface area contributed by atoms with E-state index in [-0.39, 0.29) is 33.1 Å². The molecule has 14 heteroatoms. The zero-order chi connectivity index (χ0) is 27.0. The number of hydrogen-bond acceptors (Lipinski definition) is 6. The molecule has 1 amide bonds. The van der Waals surface area contributed by atoms with Crippen LogP contribution in [0.5, 0.6) is 0 Å². The van der Waals surface area contributed by atoms with Gasteiger partial charge in [-0.3, -0.25) is 4.79 Å². The molecule has 194 valence electrons. The number of alkyl halides is 5. The summed E-state index contributed by atoms with van der Waals surface area (Å²) < 4.78 is 91.4. The van der Waals surface area contributed by atoms with Crippen LogP contribution in [0.4, 0.5) is 27.6 Å². The van der Waals surface area contributed by atoms with E-state index in [4.69, 9.17) is 5.11 Å². The predicted octanol–water partition coefficient (Wildman–Crippen LogP) is 4.37. The Bertz CT molecular complexity index is 1570. The summed E-state index contributed by atoms with van der Waals surface area (Å²) in [5.74, 6) is -1.37. The van der Waals surface area contributed by atoms with Crippen LogP contribution in [0.15, 0.2) is 65.7 Å². The summed E-state index contributed by atoms with van der Waals surface area (Å²) in [4.78, 5) is 17.0. The standard InChI is InChI=1S/C23H17F5N4O4S/c24-20(25)19-11-18(13-4-6-14(7-5-13)23(26,27)28)31-21-17(12-29-32(19)21)22(34)30-15-2-1-3-16(10-15)37(35,36)9-8-33/h1-7,10-12,20,33H,8-9H2,(H,30,34). The van der Waals surface area contributed by atoms with E-state index in [1.54, 1.807) is 0 Å². The second kappa shape index (κ2) is 9.86. The number of benzene rings is 2. The van der Waals surface area contributed by atoms with Crippen molar-refractivity contribution in [3.63, 3.8) is 0 Å². The smallest absolute Gasteiger partial charge is 0.395 e. The number of hydrogen-bond donors (Lipinski definition) is 2. The summed E-state index contributed by atoms with van der Waals surface area (Å²) in [5.41, 5.74) is -2.03. The fraction of sp³-hybridized carbons (Fsp3) is 0.174. The number of halogens is 5. The van der Waals surface area contributed by atoms with Crippen LogP contribution in [0.3, 0.4) is 0 Å². The van der Waals surface area contributed by atoms with Crippen molar-refractivity contribution >= 4 is 27.1 Å². The first-order valence-electron chi connectivity index (χ1n) is 10.5. The number of nitrogens with zero attached hydrogens (tertiary/aromatic N) is 3. The van der Waals surface area contributed by atoms with Crippen molar-refractivity contribution in [1.82, 2.24) is 14.6 Å².